The zero-order chi connectivity index (χ0) is 21.1. The molecule has 0 radical (unpaired) electrons. The van der Waals surface area contributed by atoms with Gasteiger partial charge in [-0.15, -0.1) is 11.3 Å². The third kappa shape index (κ3) is 2.52. The van der Waals surface area contributed by atoms with E-state index in [0.29, 0.717) is 5.56 Å². The molecule has 1 atom stereocenters. The van der Waals surface area contributed by atoms with Gasteiger partial charge in [0.1, 0.15) is 11.2 Å². The number of carbonyl (C=O) groups is 1. The van der Waals surface area contributed by atoms with Gasteiger partial charge in [-0.1, -0.05) is 57.2 Å². The minimum atomic E-state index is -1.18. The smallest absolute Gasteiger partial charge is 0.244 e. The number of hydrogen-bond acceptors (Lipinski definition) is 4. The number of anilines is 1. The summed E-state index contributed by atoms with van der Waals surface area (Å²) in [6, 6.07) is 19.2. The maximum atomic E-state index is 13.8. The number of nitrogens with zero attached hydrogens (tertiary/aromatic N) is 1. The molecule has 4 nitrogen and oxygen atoms in total. The third-order valence-electron chi connectivity index (χ3n) is 5.94. The van der Waals surface area contributed by atoms with Gasteiger partial charge in [0.15, 0.2) is 0 Å². The van der Waals surface area contributed by atoms with E-state index >= 15 is 0 Å². The van der Waals surface area contributed by atoms with Crippen LogP contribution in [0.4, 0.5) is 5.69 Å². The average Bonchev–Trinajstić information content (AvgIpc) is 3.30. The van der Waals surface area contributed by atoms with Gasteiger partial charge in [-0.3, -0.25) is 4.79 Å². The topological polar surface area (TPSA) is 62.2 Å². The second kappa shape index (κ2) is 6.41. The number of thiazole rings is 1. The Balaban J connectivity index is 1.95. The second-order valence-corrected chi connectivity index (χ2v) is 9.63. The molecule has 0 saturated carbocycles. The molecule has 30 heavy (non-hydrogen) atoms. The van der Waals surface area contributed by atoms with E-state index in [0.717, 1.165) is 32.6 Å². The van der Waals surface area contributed by atoms with Gasteiger partial charge in [0, 0.05) is 16.8 Å². The minimum absolute atomic E-state index is 0.0992. The summed E-state index contributed by atoms with van der Waals surface area (Å²) in [4.78, 5) is 18.4. The molecule has 1 aliphatic heterocycles. The van der Waals surface area contributed by atoms with Crippen LogP contribution < -0.4 is 5.32 Å². The number of nitrogens with one attached hydrogen (secondary N) is 1. The molecule has 3 aromatic carbocycles. The molecule has 2 N–H and O–H groups in total. The highest BCUT2D eigenvalue weighted by atomic mass is 32.1. The maximum Gasteiger partial charge on any atom is 0.244 e. The number of phenolic OH excluding ortho intramolecular Hbond substituents is 1. The van der Waals surface area contributed by atoms with Crippen LogP contribution in [0.25, 0.3) is 10.2 Å². The van der Waals surface area contributed by atoms with Crippen LogP contribution >= 0.6 is 11.3 Å². The maximum absolute atomic E-state index is 13.8. The number of rotatable bonds is 2. The number of hydrogen-bond donors (Lipinski definition) is 2. The molecular formula is C25H22N2O2S. The lowest BCUT2D eigenvalue weighted by Gasteiger charge is -2.31. The molecule has 0 fully saturated rings. The molecule has 0 aliphatic carbocycles. The van der Waals surface area contributed by atoms with Crippen LogP contribution in [0.2, 0.25) is 0 Å². The highest BCUT2D eigenvalue weighted by molar-refractivity contribution is 7.16. The van der Waals surface area contributed by atoms with Crippen LogP contribution in [0.5, 0.6) is 5.75 Å². The molecule has 150 valence electrons. The molecule has 4 aromatic rings. The Hall–Kier alpha value is -3.18. The van der Waals surface area contributed by atoms with Gasteiger partial charge in [0.25, 0.3) is 0 Å². The second-order valence-electron chi connectivity index (χ2n) is 8.74. The highest BCUT2D eigenvalue weighted by Crippen LogP contribution is 2.53. The molecule has 1 aromatic heterocycles. The summed E-state index contributed by atoms with van der Waals surface area (Å²) in [6.07, 6.45) is 0. The van der Waals surface area contributed by atoms with Crippen LogP contribution in [-0.2, 0) is 15.6 Å². The normalized spacial score (nSPS) is 18.4. The van der Waals surface area contributed by atoms with Crippen molar-refractivity contribution in [2.45, 2.75) is 31.6 Å². The fourth-order valence-corrected chi connectivity index (χ4v) is 5.11. The Bertz CT molecular complexity index is 1290. The van der Waals surface area contributed by atoms with E-state index in [1.807, 2.05) is 54.6 Å². The number of fused-ring (bicyclic) bond motifs is 3. The largest absolute Gasteiger partial charge is 0.508 e. The first kappa shape index (κ1) is 18.8. The summed E-state index contributed by atoms with van der Waals surface area (Å²) in [7, 11) is 0. The number of benzene rings is 3. The van der Waals surface area contributed by atoms with E-state index in [1.165, 1.54) is 0 Å². The molecule has 5 heteroatoms. The van der Waals surface area contributed by atoms with E-state index < -0.39 is 5.41 Å². The van der Waals surface area contributed by atoms with E-state index in [-0.39, 0.29) is 17.1 Å². The van der Waals surface area contributed by atoms with Gasteiger partial charge < -0.3 is 10.4 Å². The number of amides is 1. The first-order valence-corrected chi connectivity index (χ1v) is 10.8. The van der Waals surface area contributed by atoms with Gasteiger partial charge >= 0.3 is 0 Å². The minimum Gasteiger partial charge on any atom is -0.508 e. The Morgan fingerprint density at radius 2 is 1.80 bits per heavy atom. The summed E-state index contributed by atoms with van der Waals surface area (Å²) in [6.45, 7) is 6.37. The first-order valence-electron chi connectivity index (χ1n) is 9.91. The third-order valence-corrected chi connectivity index (χ3v) is 6.73. The van der Waals surface area contributed by atoms with Crippen molar-refractivity contribution in [2.75, 3.05) is 5.32 Å². The van der Waals surface area contributed by atoms with Crippen molar-refractivity contribution >= 4 is 33.1 Å². The van der Waals surface area contributed by atoms with Crippen molar-refractivity contribution in [3.8, 4) is 5.75 Å². The number of aromatic hydroxyl groups is 1. The van der Waals surface area contributed by atoms with Crippen molar-refractivity contribution in [2.24, 2.45) is 0 Å². The zero-order valence-electron chi connectivity index (χ0n) is 17.1. The molecule has 0 spiro atoms. The predicted octanol–water partition coefficient (Wildman–Crippen LogP) is 5.59. The Morgan fingerprint density at radius 3 is 2.53 bits per heavy atom. The van der Waals surface area contributed by atoms with Crippen LogP contribution in [0.1, 0.15) is 43.0 Å². The number of aromatic nitrogens is 1. The first-order chi connectivity index (χ1) is 14.3. The van der Waals surface area contributed by atoms with Crippen LogP contribution in [0, 0.1) is 0 Å². The monoisotopic (exact) mass is 414 g/mol. The van der Waals surface area contributed by atoms with E-state index in [4.69, 9.17) is 0 Å². The van der Waals surface area contributed by atoms with Crippen molar-refractivity contribution in [1.82, 2.24) is 4.98 Å². The Morgan fingerprint density at radius 1 is 1.03 bits per heavy atom. The number of phenols is 1. The molecule has 0 bridgehead atoms. The summed E-state index contributed by atoms with van der Waals surface area (Å²) in [5.74, 6) is -0.0763. The van der Waals surface area contributed by atoms with Gasteiger partial charge in [0.05, 0.1) is 15.7 Å². The predicted molar refractivity (Wildman–Crippen MR) is 121 cm³/mol. The summed E-state index contributed by atoms with van der Waals surface area (Å²) in [5, 5.41) is 14.1. The molecule has 1 aliphatic rings. The van der Waals surface area contributed by atoms with Crippen molar-refractivity contribution < 1.29 is 9.90 Å². The van der Waals surface area contributed by atoms with Gasteiger partial charge in [-0.2, -0.15) is 0 Å². The molecule has 2 heterocycles. The highest BCUT2D eigenvalue weighted by Gasteiger charge is 2.52. The molecule has 0 saturated heterocycles. The molecule has 5 rings (SSSR count). The van der Waals surface area contributed by atoms with Crippen molar-refractivity contribution in [3.05, 3.63) is 88.4 Å². The average molecular weight is 415 g/mol. The standard InChI is InChI=1S/C25H22N2O2S/c1-24(2,3)16-9-11-19(28)17(13-16)25(15-7-5-4-6-8-15)21-18(27-23(25)29)10-12-20-22(21)26-14-30-20/h4-14,28H,1-3H3,(H,27,29). The molecule has 1 amide bonds. The van der Waals surface area contributed by atoms with Gasteiger partial charge in [-0.05, 0) is 40.8 Å². The fraction of sp³-hybridized carbons (Fsp3) is 0.200. The lowest BCUT2D eigenvalue weighted by Crippen LogP contribution is -2.37. The van der Waals surface area contributed by atoms with E-state index in [1.54, 1.807) is 22.9 Å². The fourth-order valence-electron chi connectivity index (χ4n) is 4.42. The SMILES string of the molecule is CC(C)(C)c1ccc(O)c(C2(c3ccccc3)C(=O)Nc3ccc4scnc4c32)c1. The van der Waals surface area contributed by atoms with Gasteiger partial charge in [-0.25, -0.2) is 4.98 Å². The Kier molecular flexibility index (Phi) is 4.02. The zero-order valence-corrected chi connectivity index (χ0v) is 17.9. The summed E-state index contributed by atoms with van der Waals surface area (Å²) < 4.78 is 1.01. The van der Waals surface area contributed by atoms with E-state index in [9.17, 15) is 9.90 Å². The van der Waals surface area contributed by atoms with Crippen LogP contribution in [-0.4, -0.2) is 16.0 Å². The quantitative estimate of drug-likeness (QED) is 0.450. The molecular weight excluding hydrogens is 392 g/mol. The summed E-state index contributed by atoms with van der Waals surface area (Å²) >= 11 is 1.54. The lowest BCUT2D eigenvalue weighted by molar-refractivity contribution is -0.118. The molecule has 1 unspecified atom stereocenters. The van der Waals surface area contributed by atoms with Crippen molar-refractivity contribution in [3.63, 3.8) is 0 Å². The van der Waals surface area contributed by atoms with Crippen LogP contribution in [0.3, 0.4) is 0 Å². The van der Waals surface area contributed by atoms with Crippen LogP contribution in [0.15, 0.2) is 66.2 Å². The van der Waals surface area contributed by atoms with Crippen molar-refractivity contribution in [1.29, 1.82) is 0 Å². The lowest BCUT2D eigenvalue weighted by atomic mass is 9.68. The van der Waals surface area contributed by atoms with Gasteiger partial charge in [0.2, 0.25) is 5.91 Å². The van der Waals surface area contributed by atoms with E-state index in [2.05, 4.69) is 31.1 Å². The summed E-state index contributed by atoms with van der Waals surface area (Å²) in [5.41, 5.74) is 5.26. The Labute approximate surface area is 179 Å². The number of carbonyl (C=O) groups excluding carboxylic acids is 1.